The molecular weight excluding hydrogens is 254 g/mol. The summed E-state index contributed by atoms with van der Waals surface area (Å²) in [6, 6.07) is 7.37. The second-order valence-corrected chi connectivity index (χ2v) is 4.60. The van der Waals surface area contributed by atoms with Crippen LogP contribution in [0.3, 0.4) is 0 Å². The fourth-order valence-corrected chi connectivity index (χ4v) is 1.81. The molecule has 0 saturated heterocycles. The minimum Gasteiger partial charge on any atom is -0.383 e. The standard InChI is InChI=1S/C15H19N3O2/c1-12-3-4-13(9-16-12)10-17-14-5-6-15(19)18(11-14)7-8-20-2/h3-6,9,11,17H,7-8,10H2,1-2H3. The fraction of sp³-hybridized carbons (Fsp3) is 0.333. The molecule has 0 spiro atoms. The molecule has 5 nitrogen and oxygen atoms in total. The van der Waals surface area contributed by atoms with Crippen LogP contribution < -0.4 is 10.9 Å². The number of nitrogens with one attached hydrogen (secondary N) is 1. The summed E-state index contributed by atoms with van der Waals surface area (Å²) >= 11 is 0. The van der Waals surface area contributed by atoms with Crippen molar-refractivity contribution in [3.63, 3.8) is 0 Å². The Bertz CT molecular complexity index is 605. The SMILES string of the molecule is COCCn1cc(NCc2ccc(C)nc2)ccc1=O. The smallest absolute Gasteiger partial charge is 0.250 e. The fourth-order valence-electron chi connectivity index (χ4n) is 1.81. The highest BCUT2D eigenvalue weighted by atomic mass is 16.5. The monoisotopic (exact) mass is 273 g/mol. The van der Waals surface area contributed by atoms with Crippen LogP contribution in [0.15, 0.2) is 41.5 Å². The molecule has 0 bridgehead atoms. The molecule has 0 aliphatic carbocycles. The minimum atomic E-state index is -0.0235. The lowest BCUT2D eigenvalue weighted by Crippen LogP contribution is -2.21. The van der Waals surface area contributed by atoms with E-state index in [0.717, 1.165) is 16.9 Å². The third kappa shape index (κ3) is 3.93. The number of hydrogen-bond acceptors (Lipinski definition) is 4. The van der Waals surface area contributed by atoms with Crippen LogP contribution in [0.25, 0.3) is 0 Å². The first-order chi connectivity index (χ1) is 9.69. The molecule has 5 heteroatoms. The number of nitrogens with zero attached hydrogens (tertiary/aromatic N) is 2. The van der Waals surface area contributed by atoms with Crippen molar-refractivity contribution in [3.8, 4) is 0 Å². The zero-order valence-corrected chi connectivity index (χ0v) is 11.8. The Labute approximate surface area is 118 Å². The summed E-state index contributed by atoms with van der Waals surface area (Å²) in [5.74, 6) is 0. The molecular formula is C15H19N3O2. The summed E-state index contributed by atoms with van der Waals surface area (Å²) in [7, 11) is 1.62. The van der Waals surface area contributed by atoms with Gasteiger partial charge in [-0.2, -0.15) is 0 Å². The van der Waals surface area contributed by atoms with Crippen LogP contribution in [0.4, 0.5) is 5.69 Å². The summed E-state index contributed by atoms with van der Waals surface area (Å²) in [4.78, 5) is 15.9. The van der Waals surface area contributed by atoms with E-state index in [0.29, 0.717) is 19.7 Å². The van der Waals surface area contributed by atoms with Crippen molar-refractivity contribution in [1.82, 2.24) is 9.55 Å². The summed E-state index contributed by atoms with van der Waals surface area (Å²) in [6.45, 7) is 3.71. The van der Waals surface area contributed by atoms with Gasteiger partial charge in [-0.15, -0.1) is 0 Å². The van der Waals surface area contributed by atoms with E-state index in [1.807, 2.05) is 31.5 Å². The Morgan fingerprint density at radius 3 is 2.85 bits per heavy atom. The van der Waals surface area contributed by atoms with E-state index in [9.17, 15) is 4.79 Å². The molecule has 2 aromatic rings. The maximum absolute atomic E-state index is 11.7. The number of pyridine rings is 2. The Morgan fingerprint density at radius 2 is 2.15 bits per heavy atom. The molecule has 0 aromatic carbocycles. The number of aryl methyl sites for hydroxylation is 1. The third-order valence-electron chi connectivity index (χ3n) is 2.99. The number of hydrogen-bond donors (Lipinski definition) is 1. The lowest BCUT2D eigenvalue weighted by atomic mass is 10.2. The summed E-state index contributed by atoms with van der Waals surface area (Å²) in [6.07, 6.45) is 3.66. The van der Waals surface area contributed by atoms with Gasteiger partial charge < -0.3 is 14.6 Å². The van der Waals surface area contributed by atoms with Crippen molar-refractivity contribution >= 4 is 5.69 Å². The summed E-state index contributed by atoms with van der Waals surface area (Å²) < 4.78 is 6.63. The number of methoxy groups -OCH3 is 1. The lowest BCUT2D eigenvalue weighted by molar-refractivity contribution is 0.186. The van der Waals surface area contributed by atoms with Crippen LogP contribution in [-0.2, 0) is 17.8 Å². The van der Waals surface area contributed by atoms with E-state index in [4.69, 9.17) is 4.74 Å². The van der Waals surface area contributed by atoms with E-state index in [2.05, 4.69) is 10.3 Å². The maximum atomic E-state index is 11.7. The van der Waals surface area contributed by atoms with E-state index in [1.165, 1.54) is 0 Å². The Hall–Kier alpha value is -2.14. The summed E-state index contributed by atoms with van der Waals surface area (Å²) in [5.41, 5.74) is 2.98. The normalized spacial score (nSPS) is 10.5. The van der Waals surface area contributed by atoms with E-state index < -0.39 is 0 Å². The number of ether oxygens (including phenoxy) is 1. The molecule has 2 heterocycles. The average Bonchev–Trinajstić information content (AvgIpc) is 2.46. The molecule has 0 aliphatic heterocycles. The minimum absolute atomic E-state index is 0.0235. The van der Waals surface area contributed by atoms with Crippen LogP contribution in [0.5, 0.6) is 0 Å². The van der Waals surface area contributed by atoms with Gasteiger partial charge in [-0.1, -0.05) is 6.07 Å². The van der Waals surface area contributed by atoms with Crippen molar-refractivity contribution in [2.75, 3.05) is 19.0 Å². The van der Waals surface area contributed by atoms with Gasteiger partial charge in [-0.25, -0.2) is 0 Å². The quantitative estimate of drug-likeness (QED) is 0.872. The Morgan fingerprint density at radius 1 is 1.30 bits per heavy atom. The van der Waals surface area contributed by atoms with Crippen LogP contribution >= 0.6 is 0 Å². The first kappa shape index (κ1) is 14.3. The predicted octanol–water partition coefficient (Wildman–Crippen LogP) is 1.81. The molecule has 0 fully saturated rings. The molecule has 20 heavy (non-hydrogen) atoms. The van der Waals surface area contributed by atoms with Gasteiger partial charge in [0, 0.05) is 44.4 Å². The zero-order valence-electron chi connectivity index (χ0n) is 11.8. The molecule has 1 N–H and O–H groups in total. The summed E-state index contributed by atoms with van der Waals surface area (Å²) in [5, 5.41) is 3.28. The van der Waals surface area contributed by atoms with Gasteiger partial charge in [-0.3, -0.25) is 9.78 Å². The average molecular weight is 273 g/mol. The molecule has 0 amide bonds. The highest BCUT2D eigenvalue weighted by molar-refractivity contribution is 5.41. The van der Waals surface area contributed by atoms with Gasteiger partial charge in [0.15, 0.2) is 0 Å². The second kappa shape index (κ2) is 6.86. The number of rotatable bonds is 6. The van der Waals surface area contributed by atoms with Crippen molar-refractivity contribution in [2.45, 2.75) is 20.0 Å². The maximum Gasteiger partial charge on any atom is 0.250 e. The van der Waals surface area contributed by atoms with E-state index in [-0.39, 0.29) is 5.56 Å². The number of aromatic nitrogens is 2. The Kier molecular flexibility index (Phi) is 4.90. The molecule has 2 rings (SSSR count). The van der Waals surface area contributed by atoms with Gasteiger partial charge >= 0.3 is 0 Å². The van der Waals surface area contributed by atoms with Gasteiger partial charge in [0.1, 0.15) is 0 Å². The first-order valence-corrected chi connectivity index (χ1v) is 6.54. The molecule has 0 saturated carbocycles. The molecule has 106 valence electrons. The van der Waals surface area contributed by atoms with Gasteiger partial charge in [-0.05, 0) is 24.6 Å². The van der Waals surface area contributed by atoms with E-state index in [1.54, 1.807) is 23.8 Å². The predicted molar refractivity (Wildman–Crippen MR) is 78.9 cm³/mol. The first-order valence-electron chi connectivity index (χ1n) is 6.54. The van der Waals surface area contributed by atoms with Crippen molar-refractivity contribution in [3.05, 3.63) is 58.3 Å². The largest absolute Gasteiger partial charge is 0.383 e. The van der Waals surface area contributed by atoms with E-state index >= 15 is 0 Å². The zero-order chi connectivity index (χ0) is 14.4. The van der Waals surface area contributed by atoms with Gasteiger partial charge in [0.2, 0.25) is 0 Å². The van der Waals surface area contributed by atoms with Crippen LogP contribution in [-0.4, -0.2) is 23.3 Å². The molecule has 0 aliphatic rings. The molecule has 0 unspecified atom stereocenters. The lowest BCUT2D eigenvalue weighted by Gasteiger charge is -2.10. The topological polar surface area (TPSA) is 56.1 Å². The highest BCUT2D eigenvalue weighted by Crippen LogP contribution is 2.07. The van der Waals surface area contributed by atoms with Crippen LogP contribution in [0, 0.1) is 6.92 Å². The molecule has 0 atom stereocenters. The van der Waals surface area contributed by atoms with Crippen LogP contribution in [0.2, 0.25) is 0 Å². The van der Waals surface area contributed by atoms with Crippen molar-refractivity contribution in [1.29, 1.82) is 0 Å². The van der Waals surface area contributed by atoms with Gasteiger partial charge in [0.25, 0.3) is 5.56 Å². The van der Waals surface area contributed by atoms with Crippen molar-refractivity contribution < 1.29 is 4.74 Å². The highest BCUT2D eigenvalue weighted by Gasteiger charge is 1.99. The second-order valence-electron chi connectivity index (χ2n) is 4.60. The Balaban J connectivity index is 2.02. The molecule has 0 radical (unpaired) electrons. The van der Waals surface area contributed by atoms with Crippen LogP contribution in [0.1, 0.15) is 11.3 Å². The number of anilines is 1. The van der Waals surface area contributed by atoms with Crippen molar-refractivity contribution in [2.24, 2.45) is 0 Å². The molecule has 2 aromatic heterocycles. The van der Waals surface area contributed by atoms with Gasteiger partial charge in [0.05, 0.1) is 12.3 Å². The third-order valence-corrected chi connectivity index (χ3v) is 2.99.